The minimum Gasteiger partial charge on any atom is -0.493 e. The van der Waals surface area contributed by atoms with Crippen LogP contribution in [0.25, 0.3) is 0 Å². The fourth-order valence-electron chi connectivity index (χ4n) is 2.17. The Morgan fingerprint density at radius 2 is 1.64 bits per heavy atom. The zero-order chi connectivity index (χ0) is 20.7. The number of carbonyl (C=O) groups excluding carboxylic acids is 2. The van der Waals surface area contributed by atoms with Gasteiger partial charge in [0, 0.05) is 5.56 Å². The van der Waals surface area contributed by atoms with E-state index in [0.29, 0.717) is 22.8 Å². The van der Waals surface area contributed by atoms with Crippen LogP contribution < -0.4 is 25.0 Å². The topological polar surface area (TPSA) is 98.2 Å². The van der Waals surface area contributed by atoms with E-state index in [1.54, 1.807) is 24.3 Å². The molecule has 0 aliphatic heterocycles. The minimum atomic E-state index is -0.986. The first-order valence-electron chi connectivity index (χ1n) is 7.79. The van der Waals surface area contributed by atoms with E-state index in [4.69, 9.17) is 37.4 Å². The van der Waals surface area contributed by atoms with Gasteiger partial charge in [-0.15, -0.1) is 0 Å². The lowest BCUT2D eigenvalue weighted by Crippen LogP contribution is -2.32. The van der Waals surface area contributed by atoms with Crippen LogP contribution in [0.15, 0.2) is 35.4 Å². The highest BCUT2D eigenvalue weighted by atomic mass is 35.5. The molecule has 28 heavy (non-hydrogen) atoms. The minimum absolute atomic E-state index is 0.131. The fraction of sp³-hybridized carbons (Fsp3) is 0.167. The maximum absolute atomic E-state index is 11.9. The lowest BCUT2D eigenvalue weighted by Gasteiger charge is -2.12. The van der Waals surface area contributed by atoms with Gasteiger partial charge in [-0.3, -0.25) is 9.59 Å². The van der Waals surface area contributed by atoms with Crippen molar-refractivity contribution in [2.45, 2.75) is 0 Å². The Kier molecular flexibility index (Phi) is 7.48. The number of rotatable bonds is 6. The van der Waals surface area contributed by atoms with E-state index in [9.17, 15) is 9.59 Å². The van der Waals surface area contributed by atoms with E-state index in [1.807, 2.05) is 0 Å². The highest BCUT2D eigenvalue weighted by Crippen LogP contribution is 2.37. The van der Waals surface area contributed by atoms with Crippen molar-refractivity contribution in [2.24, 2.45) is 5.10 Å². The summed E-state index contributed by atoms with van der Waals surface area (Å²) in [6, 6.07) is 7.91. The van der Waals surface area contributed by atoms with Gasteiger partial charge in [-0.05, 0) is 24.3 Å². The number of hydrogen-bond acceptors (Lipinski definition) is 6. The molecule has 10 heteroatoms. The molecule has 0 aliphatic carbocycles. The summed E-state index contributed by atoms with van der Waals surface area (Å²) in [5.41, 5.74) is 2.88. The summed E-state index contributed by atoms with van der Waals surface area (Å²) >= 11 is 11.8. The normalized spacial score (nSPS) is 10.5. The van der Waals surface area contributed by atoms with Crippen LogP contribution in [-0.4, -0.2) is 39.4 Å². The van der Waals surface area contributed by atoms with Crippen molar-refractivity contribution in [1.29, 1.82) is 0 Å². The number of ether oxygens (including phenoxy) is 3. The predicted molar refractivity (Wildman–Crippen MR) is 107 cm³/mol. The molecule has 0 saturated carbocycles. The Labute approximate surface area is 171 Å². The number of nitrogens with zero attached hydrogens (tertiary/aromatic N) is 1. The summed E-state index contributed by atoms with van der Waals surface area (Å²) in [5.74, 6) is -0.680. The molecule has 0 radical (unpaired) electrons. The van der Waals surface area contributed by atoms with Gasteiger partial charge in [0.25, 0.3) is 0 Å². The molecule has 0 aromatic heterocycles. The van der Waals surface area contributed by atoms with Crippen LogP contribution in [0.4, 0.5) is 5.69 Å². The maximum atomic E-state index is 11.9. The molecule has 2 amide bonds. The van der Waals surface area contributed by atoms with E-state index < -0.39 is 11.8 Å². The average Bonchev–Trinajstić information content (AvgIpc) is 2.70. The molecule has 2 aromatic carbocycles. The summed E-state index contributed by atoms with van der Waals surface area (Å²) in [7, 11) is 4.44. The van der Waals surface area contributed by atoms with Gasteiger partial charge < -0.3 is 19.5 Å². The molecule has 0 unspecified atom stereocenters. The lowest BCUT2D eigenvalue weighted by atomic mass is 10.2. The van der Waals surface area contributed by atoms with E-state index in [-0.39, 0.29) is 15.7 Å². The molecule has 8 nitrogen and oxygen atoms in total. The largest absolute Gasteiger partial charge is 0.493 e. The summed E-state index contributed by atoms with van der Waals surface area (Å²) < 4.78 is 15.7. The van der Waals surface area contributed by atoms with Crippen molar-refractivity contribution in [3.05, 3.63) is 45.9 Å². The molecule has 0 atom stereocenters. The third-order valence-electron chi connectivity index (χ3n) is 3.47. The summed E-state index contributed by atoms with van der Waals surface area (Å²) in [4.78, 5) is 23.8. The van der Waals surface area contributed by atoms with Gasteiger partial charge in [-0.2, -0.15) is 5.10 Å². The molecule has 2 rings (SSSR count). The van der Waals surface area contributed by atoms with E-state index in [0.717, 1.165) is 0 Å². The summed E-state index contributed by atoms with van der Waals surface area (Å²) in [5, 5.41) is 6.49. The van der Waals surface area contributed by atoms with Crippen molar-refractivity contribution < 1.29 is 23.8 Å². The van der Waals surface area contributed by atoms with Crippen molar-refractivity contribution >= 4 is 46.9 Å². The summed E-state index contributed by atoms with van der Waals surface area (Å²) in [6.45, 7) is 0. The first-order chi connectivity index (χ1) is 13.4. The van der Waals surface area contributed by atoms with E-state index in [1.165, 1.54) is 33.6 Å². The van der Waals surface area contributed by atoms with E-state index >= 15 is 0 Å². The van der Waals surface area contributed by atoms with E-state index in [2.05, 4.69) is 15.8 Å². The zero-order valence-corrected chi connectivity index (χ0v) is 16.7. The van der Waals surface area contributed by atoms with Crippen LogP contribution >= 0.6 is 23.2 Å². The lowest BCUT2D eigenvalue weighted by molar-refractivity contribution is -0.136. The third-order valence-corrected chi connectivity index (χ3v) is 4.29. The molecule has 2 N–H and O–H groups in total. The van der Waals surface area contributed by atoms with Gasteiger partial charge in [0.15, 0.2) is 11.5 Å². The molecule has 148 valence electrons. The van der Waals surface area contributed by atoms with Gasteiger partial charge in [-0.1, -0.05) is 29.3 Å². The Balaban J connectivity index is 2.06. The molecular formula is C18H17Cl2N3O5. The second kappa shape index (κ2) is 9.82. The predicted octanol–water partition coefficient (Wildman–Crippen LogP) is 3.11. The highest BCUT2D eigenvalue weighted by molar-refractivity contribution is 6.45. The molecule has 0 spiro atoms. The van der Waals surface area contributed by atoms with Crippen LogP contribution in [0.1, 0.15) is 5.56 Å². The van der Waals surface area contributed by atoms with Crippen molar-refractivity contribution in [3.8, 4) is 17.2 Å². The van der Waals surface area contributed by atoms with Crippen LogP contribution in [0, 0.1) is 0 Å². The third kappa shape index (κ3) is 5.05. The Morgan fingerprint density at radius 1 is 1.00 bits per heavy atom. The molecular weight excluding hydrogens is 409 g/mol. The molecule has 0 aliphatic rings. The Morgan fingerprint density at radius 3 is 2.21 bits per heavy atom. The van der Waals surface area contributed by atoms with Gasteiger partial charge >= 0.3 is 11.8 Å². The van der Waals surface area contributed by atoms with Gasteiger partial charge in [0.1, 0.15) is 0 Å². The van der Waals surface area contributed by atoms with Crippen LogP contribution in [0.5, 0.6) is 17.2 Å². The highest BCUT2D eigenvalue weighted by Gasteiger charge is 2.16. The number of halogens is 2. The van der Waals surface area contributed by atoms with Crippen LogP contribution in [0.3, 0.4) is 0 Å². The number of carbonyl (C=O) groups is 2. The SMILES string of the molecule is COc1cc(/C=N\NC(=O)C(=O)Nc2cccc(Cl)c2Cl)cc(OC)c1OC. The number of hydrogen-bond donors (Lipinski definition) is 2. The number of methoxy groups -OCH3 is 3. The Hall–Kier alpha value is -2.97. The van der Waals surface area contributed by atoms with Crippen molar-refractivity contribution in [3.63, 3.8) is 0 Å². The molecule has 2 aromatic rings. The second-order valence-corrected chi connectivity index (χ2v) is 6.00. The molecule has 0 saturated heterocycles. The first kappa shape index (κ1) is 21.3. The quantitative estimate of drug-likeness (QED) is 0.420. The smallest absolute Gasteiger partial charge is 0.329 e. The monoisotopic (exact) mass is 425 g/mol. The van der Waals surface area contributed by atoms with Crippen LogP contribution in [-0.2, 0) is 9.59 Å². The standard InChI is InChI=1S/C18H17Cl2N3O5/c1-26-13-7-10(8-14(27-2)16(13)28-3)9-21-23-18(25)17(24)22-12-6-4-5-11(19)15(12)20/h4-9H,1-3H3,(H,22,24)(H,23,25)/b21-9-. The molecule has 0 heterocycles. The number of benzene rings is 2. The second-order valence-electron chi connectivity index (χ2n) is 5.21. The molecule has 0 bridgehead atoms. The maximum Gasteiger partial charge on any atom is 0.329 e. The van der Waals surface area contributed by atoms with Gasteiger partial charge in [0.2, 0.25) is 5.75 Å². The summed E-state index contributed by atoms with van der Waals surface area (Å²) in [6.07, 6.45) is 1.32. The molecule has 0 fully saturated rings. The number of hydrazone groups is 1. The van der Waals surface area contributed by atoms with Gasteiger partial charge in [-0.25, -0.2) is 5.43 Å². The van der Waals surface area contributed by atoms with Crippen molar-refractivity contribution in [2.75, 3.05) is 26.6 Å². The number of nitrogens with one attached hydrogen (secondary N) is 2. The Bertz CT molecular complexity index is 893. The van der Waals surface area contributed by atoms with Gasteiger partial charge in [0.05, 0.1) is 43.3 Å². The average molecular weight is 426 g/mol. The first-order valence-corrected chi connectivity index (χ1v) is 8.55. The van der Waals surface area contributed by atoms with Crippen molar-refractivity contribution in [1.82, 2.24) is 5.43 Å². The number of anilines is 1. The van der Waals surface area contributed by atoms with Crippen LogP contribution in [0.2, 0.25) is 10.0 Å². The number of amides is 2. The zero-order valence-electron chi connectivity index (χ0n) is 15.2. The fourth-order valence-corrected chi connectivity index (χ4v) is 2.52.